The zero-order chi connectivity index (χ0) is 25.6. The fraction of sp³-hybridized carbons (Fsp3) is 0.500. The largest absolute Gasteiger partial charge is 0.417 e. The van der Waals surface area contributed by atoms with Crippen LogP contribution in [-0.2, 0) is 21.6 Å². The van der Waals surface area contributed by atoms with Crippen LogP contribution in [0.1, 0.15) is 67.9 Å². The van der Waals surface area contributed by atoms with Gasteiger partial charge in [-0.1, -0.05) is 45.0 Å². The number of hydrogen-bond donors (Lipinski definition) is 0. The van der Waals surface area contributed by atoms with Crippen LogP contribution in [0.3, 0.4) is 0 Å². The van der Waals surface area contributed by atoms with Gasteiger partial charge in [-0.3, -0.25) is 4.79 Å². The van der Waals surface area contributed by atoms with Crippen molar-refractivity contribution in [2.75, 3.05) is 13.1 Å². The number of piperidine rings is 1. The first kappa shape index (κ1) is 25.7. The van der Waals surface area contributed by atoms with Gasteiger partial charge in [-0.05, 0) is 60.9 Å². The van der Waals surface area contributed by atoms with E-state index in [1.54, 1.807) is 4.90 Å². The maximum absolute atomic E-state index is 13.6. The minimum absolute atomic E-state index is 0.0254. The van der Waals surface area contributed by atoms with Gasteiger partial charge in [0.15, 0.2) is 0 Å². The molecule has 4 rings (SSSR count). The molecule has 2 fully saturated rings. The number of nitrogens with zero attached hydrogens (tertiary/aromatic N) is 2. The van der Waals surface area contributed by atoms with Gasteiger partial charge in [-0.2, -0.15) is 17.5 Å². The van der Waals surface area contributed by atoms with E-state index in [9.17, 15) is 26.4 Å². The van der Waals surface area contributed by atoms with Gasteiger partial charge in [0, 0.05) is 30.7 Å². The van der Waals surface area contributed by atoms with E-state index in [0.717, 1.165) is 17.7 Å². The first-order chi connectivity index (χ1) is 16.3. The topological polar surface area (TPSA) is 57.7 Å². The zero-order valence-electron chi connectivity index (χ0n) is 20.2. The van der Waals surface area contributed by atoms with E-state index in [-0.39, 0.29) is 17.4 Å². The number of benzene rings is 2. The lowest BCUT2D eigenvalue weighted by atomic mass is 9.86. The van der Waals surface area contributed by atoms with Crippen molar-refractivity contribution < 1.29 is 26.4 Å². The number of halogens is 3. The second-order valence-electron chi connectivity index (χ2n) is 10.4. The first-order valence-electron chi connectivity index (χ1n) is 11.9. The average molecular weight is 509 g/mol. The Labute approximate surface area is 205 Å². The molecule has 1 aliphatic heterocycles. The molecule has 35 heavy (non-hydrogen) atoms. The summed E-state index contributed by atoms with van der Waals surface area (Å²) in [4.78, 5) is 14.0. The maximum atomic E-state index is 13.6. The predicted octanol–water partition coefficient (Wildman–Crippen LogP) is 5.46. The molecular formula is C26H31F3N2O3S. The van der Waals surface area contributed by atoms with E-state index >= 15 is 0 Å². The molecule has 0 N–H and O–H groups in total. The molecule has 0 unspecified atom stereocenters. The van der Waals surface area contributed by atoms with E-state index < -0.39 is 32.7 Å². The molecular weight excluding hydrogens is 477 g/mol. The molecule has 2 aliphatic rings. The summed E-state index contributed by atoms with van der Waals surface area (Å²) in [7, 11) is -4.35. The molecule has 0 atom stereocenters. The number of hydrogen-bond acceptors (Lipinski definition) is 3. The Morgan fingerprint density at radius 1 is 0.886 bits per heavy atom. The molecule has 190 valence electrons. The van der Waals surface area contributed by atoms with Crippen molar-refractivity contribution in [3.8, 4) is 0 Å². The third kappa shape index (κ3) is 5.40. The second-order valence-corrected chi connectivity index (χ2v) is 12.2. The molecule has 0 radical (unpaired) electrons. The van der Waals surface area contributed by atoms with Gasteiger partial charge >= 0.3 is 6.18 Å². The summed E-state index contributed by atoms with van der Waals surface area (Å²) in [5.41, 5.74) is 0.527. The van der Waals surface area contributed by atoms with Crippen LogP contribution >= 0.6 is 0 Å². The second kappa shape index (κ2) is 9.24. The van der Waals surface area contributed by atoms with E-state index in [2.05, 4.69) is 20.8 Å². The summed E-state index contributed by atoms with van der Waals surface area (Å²) in [6.45, 7) is 7.00. The van der Waals surface area contributed by atoms with Gasteiger partial charge < -0.3 is 4.90 Å². The summed E-state index contributed by atoms with van der Waals surface area (Å²) < 4.78 is 68.9. The highest BCUT2D eigenvalue weighted by molar-refractivity contribution is 7.89. The Morgan fingerprint density at radius 3 is 1.94 bits per heavy atom. The van der Waals surface area contributed by atoms with E-state index in [1.165, 1.54) is 16.4 Å². The average Bonchev–Trinajstić information content (AvgIpc) is 3.63. The third-order valence-electron chi connectivity index (χ3n) is 6.76. The molecule has 2 aromatic carbocycles. The van der Waals surface area contributed by atoms with Crippen molar-refractivity contribution in [2.45, 2.75) is 75.0 Å². The van der Waals surface area contributed by atoms with Gasteiger partial charge in [0.2, 0.25) is 10.0 Å². The highest BCUT2D eigenvalue weighted by Crippen LogP contribution is 2.41. The van der Waals surface area contributed by atoms with Crippen molar-refractivity contribution in [3.63, 3.8) is 0 Å². The normalized spacial score (nSPS) is 18.2. The van der Waals surface area contributed by atoms with Crippen LogP contribution in [-0.4, -0.2) is 48.7 Å². The molecule has 1 amide bonds. The molecule has 5 nitrogen and oxygen atoms in total. The third-order valence-corrected chi connectivity index (χ3v) is 8.83. The van der Waals surface area contributed by atoms with Gasteiger partial charge in [0.05, 0.1) is 10.5 Å². The van der Waals surface area contributed by atoms with Gasteiger partial charge in [-0.15, -0.1) is 0 Å². The number of carbonyl (C=O) groups excluding carboxylic acids is 1. The number of sulfonamides is 1. The Hall–Kier alpha value is -2.39. The minimum Gasteiger partial charge on any atom is -0.339 e. The lowest BCUT2D eigenvalue weighted by molar-refractivity contribution is -0.139. The summed E-state index contributed by atoms with van der Waals surface area (Å²) in [6.07, 6.45) is -2.73. The standard InChI is InChI=1S/C26H31F3N2O3S/c1-25(2,3)19-10-8-18(9-11-19)24(32)30-16-14-21(15-17-30)31(20-12-13-20)35(33,34)23-7-5-4-6-22(23)26(27,28)29/h4-11,20-21H,12-17H2,1-3H3. The van der Waals surface area contributed by atoms with E-state index in [4.69, 9.17) is 0 Å². The van der Waals surface area contributed by atoms with Crippen LogP contribution in [0.5, 0.6) is 0 Å². The highest BCUT2D eigenvalue weighted by atomic mass is 32.2. The van der Waals surface area contributed by atoms with Gasteiger partial charge in [-0.25, -0.2) is 8.42 Å². The number of likely N-dealkylation sites (tertiary alicyclic amines) is 1. The van der Waals surface area contributed by atoms with Crippen LogP contribution in [0.15, 0.2) is 53.4 Å². The first-order valence-corrected chi connectivity index (χ1v) is 13.3. The van der Waals surface area contributed by atoms with Crippen LogP contribution in [0.4, 0.5) is 13.2 Å². The highest BCUT2D eigenvalue weighted by Gasteiger charge is 2.46. The molecule has 9 heteroatoms. The van der Waals surface area contributed by atoms with E-state index in [1.807, 2.05) is 24.3 Å². The van der Waals surface area contributed by atoms with Crippen molar-refractivity contribution >= 4 is 15.9 Å². The fourth-order valence-corrected chi connectivity index (χ4v) is 6.82. The molecule has 1 saturated heterocycles. The number of rotatable bonds is 5. The molecule has 1 aliphatic carbocycles. The predicted molar refractivity (Wildman–Crippen MR) is 128 cm³/mol. The number of amides is 1. The monoisotopic (exact) mass is 508 g/mol. The maximum Gasteiger partial charge on any atom is 0.417 e. The lowest BCUT2D eigenvalue weighted by Crippen LogP contribution is -2.49. The summed E-state index contributed by atoms with van der Waals surface area (Å²) in [5.74, 6) is -0.118. The Bertz CT molecular complexity index is 1180. The summed E-state index contributed by atoms with van der Waals surface area (Å²) >= 11 is 0. The Kier molecular flexibility index (Phi) is 6.79. The van der Waals surface area contributed by atoms with Gasteiger partial charge in [0.25, 0.3) is 5.91 Å². The smallest absolute Gasteiger partial charge is 0.339 e. The van der Waals surface area contributed by atoms with Crippen LogP contribution in [0, 0.1) is 0 Å². The number of carbonyl (C=O) groups is 1. The lowest BCUT2D eigenvalue weighted by Gasteiger charge is -2.38. The number of alkyl halides is 3. The van der Waals surface area contributed by atoms with Crippen LogP contribution < -0.4 is 0 Å². The quantitative estimate of drug-likeness (QED) is 0.539. The molecule has 0 aromatic heterocycles. The molecule has 0 bridgehead atoms. The van der Waals surface area contributed by atoms with E-state index in [0.29, 0.717) is 44.3 Å². The molecule has 1 heterocycles. The Balaban J connectivity index is 1.50. The zero-order valence-corrected chi connectivity index (χ0v) is 21.0. The van der Waals surface area contributed by atoms with Crippen molar-refractivity contribution in [3.05, 3.63) is 65.2 Å². The minimum atomic E-state index is -4.77. The molecule has 1 saturated carbocycles. The van der Waals surface area contributed by atoms with Crippen LogP contribution in [0.25, 0.3) is 0 Å². The van der Waals surface area contributed by atoms with Crippen molar-refractivity contribution in [1.29, 1.82) is 0 Å². The van der Waals surface area contributed by atoms with Crippen molar-refractivity contribution in [1.82, 2.24) is 9.21 Å². The fourth-order valence-electron chi connectivity index (χ4n) is 4.68. The summed E-state index contributed by atoms with van der Waals surface area (Å²) in [5, 5.41) is 0. The Morgan fingerprint density at radius 2 is 1.43 bits per heavy atom. The summed E-state index contributed by atoms with van der Waals surface area (Å²) in [6, 6.07) is 11.1. The molecule has 0 spiro atoms. The molecule has 2 aromatic rings. The van der Waals surface area contributed by atoms with Gasteiger partial charge in [0.1, 0.15) is 0 Å². The van der Waals surface area contributed by atoms with Crippen molar-refractivity contribution in [2.24, 2.45) is 0 Å². The van der Waals surface area contributed by atoms with Crippen LogP contribution in [0.2, 0.25) is 0 Å². The SMILES string of the molecule is CC(C)(C)c1ccc(C(=O)N2CCC(N(C3CC3)S(=O)(=O)c3ccccc3C(F)(F)F)CC2)cc1.